The van der Waals surface area contributed by atoms with E-state index in [-0.39, 0.29) is 12.6 Å². The van der Waals surface area contributed by atoms with Gasteiger partial charge in [0, 0.05) is 0 Å². The Morgan fingerprint density at radius 3 is 2.65 bits per heavy atom. The number of halogens is 3. The van der Waals surface area contributed by atoms with E-state index in [1.807, 2.05) is 12.1 Å². The predicted molar refractivity (Wildman–Crippen MR) is 71.7 cm³/mol. The Balaban J connectivity index is 1.96. The number of alkyl halides is 3. The molecule has 0 saturated heterocycles. The summed E-state index contributed by atoms with van der Waals surface area (Å²) in [7, 11) is 1.73. The molecule has 112 valence electrons. The minimum atomic E-state index is -4.27. The number of hydrogen-bond donors (Lipinski definition) is 1. The molecule has 1 unspecified atom stereocenters. The predicted octanol–water partition coefficient (Wildman–Crippen LogP) is 3.79. The minimum Gasteiger partial charge on any atom is -0.370 e. The Kier molecular flexibility index (Phi) is 5.05. The Morgan fingerprint density at radius 1 is 1.35 bits per heavy atom. The van der Waals surface area contributed by atoms with Gasteiger partial charge in [0.1, 0.15) is 6.61 Å². The second kappa shape index (κ2) is 6.59. The van der Waals surface area contributed by atoms with Gasteiger partial charge in [0.15, 0.2) is 0 Å². The molecule has 0 bridgehead atoms. The molecule has 20 heavy (non-hydrogen) atoms. The summed E-state index contributed by atoms with van der Waals surface area (Å²) in [5, 5.41) is 3.01. The molecule has 1 fully saturated rings. The van der Waals surface area contributed by atoms with Gasteiger partial charge in [-0.05, 0) is 36.9 Å². The lowest BCUT2D eigenvalue weighted by molar-refractivity contribution is -0.175. The molecule has 1 saturated carbocycles. The summed E-state index contributed by atoms with van der Waals surface area (Å²) in [6.45, 7) is -1.18. The second-order valence-electron chi connectivity index (χ2n) is 5.27. The average Bonchev–Trinajstić information content (AvgIpc) is 2.31. The topological polar surface area (TPSA) is 21.3 Å². The van der Waals surface area contributed by atoms with Crippen molar-refractivity contribution in [2.24, 2.45) is 0 Å². The maximum Gasteiger partial charge on any atom is 0.411 e. The van der Waals surface area contributed by atoms with Crippen LogP contribution in [0.3, 0.4) is 0 Å². The van der Waals surface area contributed by atoms with Crippen molar-refractivity contribution in [3.8, 4) is 0 Å². The molecule has 2 rings (SSSR count). The largest absolute Gasteiger partial charge is 0.411 e. The summed E-state index contributed by atoms with van der Waals surface area (Å²) in [6.07, 6.45) is -0.596. The molecule has 0 aliphatic heterocycles. The van der Waals surface area contributed by atoms with E-state index in [9.17, 15) is 13.2 Å². The number of likely N-dealkylation sites (N-methyl/N-ethyl adjacent to an activating group) is 1. The Bertz CT molecular complexity index is 429. The standard InChI is InChI=1S/C15H20F3NO/c1-19-14(9-20-10-15(16,17)18)13-7-3-6-12(8-13)11-4-2-5-11/h3,6-8,11,14,19H,2,4-5,9-10H2,1H3. The van der Waals surface area contributed by atoms with Gasteiger partial charge in [-0.25, -0.2) is 0 Å². The molecule has 0 aromatic heterocycles. The van der Waals surface area contributed by atoms with Gasteiger partial charge in [-0.1, -0.05) is 30.7 Å². The number of ether oxygens (including phenoxy) is 1. The van der Waals surface area contributed by atoms with Gasteiger partial charge in [0.05, 0.1) is 12.6 Å². The van der Waals surface area contributed by atoms with E-state index in [1.54, 1.807) is 7.05 Å². The Hall–Kier alpha value is -1.07. The summed E-state index contributed by atoms with van der Waals surface area (Å²) in [5.41, 5.74) is 2.27. The maximum absolute atomic E-state index is 12.1. The van der Waals surface area contributed by atoms with Gasteiger partial charge >= 0.3 is 6.18 Å². The summed E-state index contributed by atoms with van der Waals surface area (Å²) in [5.74, 6) is 0.614. The van der Waals surface area contributed by atoms with E-state index >= 15 is 0 Å². The molecule has 0 radical (unpaired) electrons. The molecule has 1 aromatic rings. The molecule has 0 spiro atoms. The molecule has 2 nitrogen and oxygen atoms in total. The van der Waals surface area contributed by atoms with Crippen LogP contribution in [-0.4, -0.2) is 26.4 Å². The zero-order valence-electron chi connectivity index (χ0n) is 11.5. The van der Waals surface area contributed by atoms with Crippen LogP contribution in [0.15, 0.2) is 24.3 Å². The normalized spacial score (nSPS) is 17.8. The van der Waals surface area contributed by atoms with Crippen LogP contribution < -0.4 is 5.32 Å². The van der Waals surface area contributed by atoms with E-state index in [0.29, 0.717) is 5.92 Å². The first-order valence-electron chi connectivity index (χ1n) is 6.91. The summed E-state index contributed by atoms with van der Waals surface area (Å²) in [4.78, 5) is 0. The fourth-order valence-corrected chi connectivity index (χ4v) is 2.41. The summed E-state index contributed by atoms with van der Waals surface area (Å²) in [6, 6.07) is 7.87. The smallest absolute Gasteiger partial charge is 0.370 e. The Morgan fingerprint density at radius 2 is 2.10 bits per heavy atom. The summed E-state index contributed by atoms with van der Waals surface area (Å²) >= 11 is 0. The highest BCUT2D eigenvalue weighted by atomic mass is 19.4. The first-order chi connectivity index (χ1) is 9.49. The van der Waals surface area contributed by atoms with Crippen molar-refractivity contribution in [3.63, 3.8) is 0 Å². The zero-order valence-corrected chi connectivity index (χ0v) is 11.5. The van der Waals surface area contributed by atoms with Crippen LogP contribution >= 0.6 is 0 Å². The SMILES string of the molecule is CNC(COCC(F)(F)F)c1cccc(C2CCC2)c1. The number of rotatable bonds is 6. The van der Waals surface area contributed by atoms with Crippen molar-refractivity contribution in [1.29, 1.82) is 0 Å². The van der Waals surface area contributed by atoms with Crippen molar-refractivity contribution in [2.75, 3.05) is 20.3 Å². The van der Waals surface area contributed by atoms with Crippen molar-refractivity contribution in [2.45, 2.75) is 37.4 Å². The van der Waals surface area contributed by atoms with Gasteiger partial charge in [-0.3, -0.25) is 0 Å². The molecule has 1 aromatic carbocycles. The third-order valence-corrected chi connectivity index (χ3v) is 3.79. The number of benzene rings is 1. The first-order valence-corrected chi connectivity index (χ1v) is 6.91. The van der Waals surface area contributed by atoms with E-state index in [2.05, 4.69) is 17.4 Å². The minimum absolute atomic E-state index is 0.0180. The van der Waals surface area contributed by atoms with Crippen molar-refractivity contribution >= 4 is 0 Å². The first kappa shape index (κ1) is 15.3. The highest BCUT2D eigenvalue weighted by Crippen LogP contribution is 2.37. The van der Waals surface area contributed by atoms with Crippen LogP contribution in [0, 0.1) is 0 Å². The molecular weight excluding hydrogens is 267 g/mol. The molecule has 5 heteroatoms. The quantitative estimate of drug-likeness (QED) is 0.859. The summed E-state index contributed by atoms with van der Waals surface area (Å²) < 4.78 is 41.0. The van der Waals surface area contributed by atoms with Crippen LogP contribution in [-0.2, 0) is 4.74 Å². The van der Waals surface area contributed by atoms with Gasteiger partial charge in [0.2, 0.25) is 0 Å². The highest BCUT2D eigenvalue weighted by molar-refractivity contribution is 5.29. The maximum atomic E-state index is 12.1. The van der Waals surface area contributed by atoms with Crippen molar-refractivity contribution in [3.05, 3.63) is 35.4 Å². The van der Waals surface area contributed by atoms with E-state index in [0.717, 1.165) is 5.56 Å². The van der Waals surface area contributed by atoms with E-state index in [4.69, 9.17) is 4.74 Å². The lowest BCUT2D eigenvalue weighted by Crippen LogP contribution is -2.25. The van der Waals surface area contributed by atoms with Crippen LogP contribution in [0.1, 0.15) is 42.3 Å². The average molecular weight is 287 g/mol. The van der Waals surface area contributed by atoms with Crippen LogP contribution in [0.2, 0.25) is 0 Å². The zero-order chi connectivity index (χ0) is 14.6. The number of nitrogens with one attached hydrogen (secondary N) is 1. The molecule has 0 amide bonds. The number of hydrogen-bond acceptors (Lipinski definition) is 2. The van der Waals surface area contributed by atoms with E-state index < -0.39 is 12.8 Å². The molecular formula is C15H20F3NO. The van der Waals surface area contributed by atoms with E-state index in [1.165, 1.54) is 24.8 Å². The van der Waals surface area contributed by atoms with Gasteiger partial charge in [-0.2, -0.15) is 13.2 Å². The third kappa shape index (κ3) is 4.21. The molecule has 1 N–H and O–H groups in total. The lowest BCUT2D eigenvalue weighted by Gasteiger charge is -2.27. The van der Waals surface area contributed by atoms with Crippen molar-refractivity contribution < 1.29 is 17.9 Å². The lowest BCUT2D eigenvalue weighted by atomic mass is 9.79. The molecule has 1 atom stereocenters. The van der Waals surface area contributed by atoms with Gasteiger partial charge in [0.25, 0.3) is 0 Å². The fraction of sp³-hybridized carbons (Fsp3) is 0.600. The third-order valence-electron chi connectivity index (χ3n) is 3.79. The molecule has 0 heterocycles. The van der Waals surface area contributed by atoms with Gasteiger partial charge < -0.3 is 10.1 Å². The van der Waals surface area contributed by atoms with Crippen LogP contribution in [0.5, 0.6) is 0 Å². The van der Waals surface area contributed by atoms with Crippen molar-refractivity contribution in [1.82, 2.24) is 5.32 Å². The van der Waals surface area contributed by atoms with Gasteiger partial charge in [-0.15, -0.1) is 0 Å². The second-order valence-corrected chi connectivity index (χ2v) is 5.27. The monoisotopic (exact) mass is 287 g/mol. The molecule has 1 aliphatic carbocycles. The molecule has 1 aliphatic rings. The highest BCUT2D eigenvalue weighted by Gasteiger charge is 2.28. The Labute approximate surface area is 117 Å². The fourth-order valence-electron chi connectivity index (χ4n) is 2.41. The van der Waals surface area contributed by atoms with Crippen LogP contribution in [0.4, 0.5) is 13.2 Å². The van der Waals surface area contributed by atoms with Crippen LogP contribution in [0.25, 0.3) is 0 Å².